The molecule has 7 heteroatoms. The topological polar surface area (TPSA) is 102 Å². The van der Waals surface area contributed by atoms with Crippen molar-refractivity contribution in [2.24, 2.45) is 0 Å². The highest BCUT2D eigenvalue weighted by atomic mass is 16.6. The first kappa shape index (κ1) is 14.9. The molecule has 0 aliphatic rings. The van der Waals surface area contributed by atoms with Crippen molar-refractivity contribution in [3.8, 4) is 5.75 Å². The molecule has 1 amide bonds. The highest BCUT2D eigenvalue weighted by molar-refractivity contribution is 5.95. The number of rotatable bonds is 7. The highest BCUT2D eigenvalue weighted by Crippen LogP contribution is 2.27. The van der Waals surface area contributed by atoms with Crippen LogP contribution in [0.25, 0.3) is 0 Å². The van der Waals surface area contributed by atoms with E-state index in [1.165, 1.54) is 18.2 Å². The molecule has 104 valence electrons. The second-order valence-corrected chi connectivity index (χ2v) is 3.71. The van der Waals surface area contributed by atoms with Gasteiger partial charge in [0.2, 0.25) is 0 Å². The summed E-state index contributed by atoms with van der Waals surface area (Å²) >= 11 is 0. The van der Waals surface area contributed by atoms with Gasteiger partial charge in [0.05, 0.1) is 11.5 Å². The maximum Gasteiger partial charge on any atom is 0.311 e. The lowest BCUT2D eigenvalue weighted by Crippen LogP contribution is -2.25. The van der Waals surface area contributed by atoms with Crippen LogP contribution in [0.4, 0.5) is 5.69 Å². The van der Waals surface area contributed by atoms with Gasteiger partial charge in [0, 0.05) is 24.8 Å². The molecular weight excluding hydrogens is 252 g/mol. The van der Waals surface area contributed by atoms with Gasteiger partial charge in [-0.25, -0.2) is 0 Å². The first-order valence-corrected chi connectivity index (χ1v) is 5.90. The molecule has 0 saturated carbocycles. The van der Waals surface area contributed by atoms with Gasteiger partial charge in [-0.05, 0) is 25.5 Å². The van der Waals surface area contributed by atoms with Crippen molar-refractivity contribution >= 4 is 11.6 Å². The summed E-state index contributed by atoms with van der Waals surface area (Å²) in [6.07, 6.45) is 0.435. The molecule has 0 fully saturated rings. The van der Waals surface area contributed by atoms with Gasteiger partial charge in [0.25, 0.3) is 5.91 Å². The van der Waals surface area contributed by atoms with E-state index in [0.29, 0.717) is 19.6 Å². The molecule has 19 heavy (non-hydrogen) atoms. The number of nitrogens with zero attached hydrogens (tertiary/aromatic N) is 1. The van der Waals surface area contributed by atoms with Crippen LogP contribution in [0.15, 0.2) is 18.2 Å². The lowest BCUT2D eigenvalue weighted by atomic mass is 10.1. The van der Waals surface area contributed by atoms with Gasteiger partial charge >= 0.3 is 5.69 Å². The number of nitro groups is 1. The molecule has 7 nitrogen and oxygen atoms in total. The molecular formula is C12H16N2O5. The molecule has 0 aromatic heterocycles. The maximum atomic E-state index is 11.7. The molecule has 0 aliphatic heterocycles. The molecule has 0 spiro atoms. The van der Waals surface area contributed by atoms with Gasteiger partial charge in [-0.1, -0.05) is 0 Å². The molecule has 0 bridgehead atoms. The number of amides is 1. The minimum atomic E-state index is -0.588. The van der Waals surface area contributed by atoms with E-state index in [-0.39, 0.29) is 23.6 Å². The summed E-state index contributed by atoms with van der Waals surface area (Å²) in [5.74, 6) is -0.279. The van der Waals surface area contributed by atoms with Crippen LogP contribution in [-0.2, 0) is 0 Å². The Kier molecular flexibility index (Phi) is 5.74. The van der Waals surface area contributed by atoms with Crippen molar-refractivity contribution in [2.45, 2.75) is 13.3 Å². The second-order valence-electron chi connectivity index (χ2n) is 3.71. The number of nitrogens with one attached hydrogen (secondary N) is 1. The number of hydrogen-bond acceptors (Lipinski definition) is 5. The molecule has 0 aliphatic carbocycles. The summed E-state index contributed by atoms with van der Waals surface area (Å²) in [7, 11) is 0. The van der Waals surface area contributed by atoms with E-state index in [1.807, 2.05) is 0 Å². The molecule has 0 heterocycles. The van der Waals surface area contributed by atoms with Crippen LogP contribution in [0.3, 0.4) is 0 Å². The molecule has 0 atom stereocenters. The lowest BCUT2D eigenvalue weighted by molar-refractivity contribution is -0.385. The van der Waals surface area contributed by atoms with E-state index in [9.17, 15) is 14.9 Å². The van der Waals surface area contributed by atoms with Gasteiger partial charge in [0.15, 0.2) is 5.75 Å². The molecule has 2 N–H and O–H groups in total. The number of aliphatic hydroxyl groups excluding tert-OH is 1. The average Bonchev–Trinajstić information content (AvgIpc) is 2.39. The predicted molar refractivity (Wildman–Crippen MR) is 68.3 cm³/mol. The Balaban J connectivity index is 2.88. The quantitative estimate of drug-likeness (QED) is 0.438. The summed E-state index contributed by atoms with van der Waals surface area (Å²) in [5, 5.41) is 22.1. The number of hydrogen-bond donors (Lipinski definition) is 2. The van der Waals surface area contributed by atoms with E-state index >= 15 is 0 Å². The van der Waals surface area contributed by atoms with E-state index in [0.717, 1.165) is 0 Å². The number of nitro benzene ring substituents is 1. The van der Waals surface area contributed by atoms with Gasteiger partial charge in [-0.15, -0.1) is 0 Å². The summed E-state index contributed by atoms with van der Waals surface area (Å²) in [6, 6.07) is 4.05. The van der Waals surface area contributed by atoms with Crippen molar-refractivity contribution in [3.05, 3.63) is 33.9 Å². The average molecular weight is 268 g/mol. The van der Waals surface area contributed by atoms with Crippen LogP contribution < -0.4 is 10.1 Å². The summed E-state index contributed by atoms with van der Waals surface area (Å²) in [6.45, 7) is 2.32. The smallest absolute Gasteiger partial charge is 0.311 e. The molecule has 1 aromatic carbocycles. The Hall–Kier alpha value is -2.15. The van der Waals surface area contributed by atoms with Crippen molar-refractivity contribution in [2.75, 3.05) is 19.8 Å². The molecule has 1 rings (SSSR count). The van der Waals surface area contributed by atoms with Gasteiger partial charge in [-0.3, -0.25) is 14.9 Å². The number of carbonyl (C=O) groups excluding carboxylic acids is 1. The summed E-state index contributed by atoms with van der Waals surface area (Å²) in [5.41, 5.74) is -0.0512. The van der Waals surface area contributed by atoms with Crippen LogP contribution >= 0.6 is 0 Å². The third-order valence-electron chi connectivity index (χ3n) is 2.34. The van der Waals surface area contributed by atoms with Crippen LogP contribution in [0.2, 0.25) is 0 Å². The fourth-order valence-corrected chi connectivity index (χ4v) is 1.46. The SMILES string of the molecule is CCOc1ccc(C(=O)NCCCO)cc1[N+](=O)[O-]. The maximum absolute atomic E-state index is 11.7. The largest absolute Gasteiger partial charge is 0.487 e. The normalized spacial score (nSPS) is 10.0. The fourth-order valence-electron chi connectivity index (χ4n) is 1.46. The molecule has 0 unspecified atom stereocenters. The van der Waals surface area contributed by atoms with E-state index < -0.39 is 10.8 Å². The van der Waals surface area contributed by atoms with Crippen LogP contribution in [0, 0.1) is 10.1 Å². The zero-order chi connectivity index (χ0) is 14.3. The summed E-state index contributed by atoms with van der Waals surface area (Å²) in [4.78, 5) is 22.0. The van der Waals surface area contributed by atoms with E-state index in [2.05, 4.69) is 5.32 Å². The van der Waals surface area contributed by atoms with Crippen molar-refractivity contribution in [1.82, 2.24) is 5.32 Å². The number of benzene rings is 1. The Bertz CT molecular complexity index is 461. The third kappa shape index (κ3) is 4.22. The Labute approximate surface area is 110 Å². The van der Waals surface area contributed by atoms with Crippen LogP contribution in [0.5, 0.6) is 5.75 Å². The van der Waals surface area contributed by atoms with E-state index in [4.69, 9.17) is 9.84 Å². The summed E-state index contributed by atoms with van der Waals surface area (Å²) < 4.78 is 5.13. The highest BCUT2D eigenvalue weighted by Gasteiger charge is 2.18. The molecule has 1 aromatic rings. The first-order chi connectivity index (χ1) is 9.10. The van der Waals surface area contributed by atoms with Gasteiger partial charge in [0.1, 0.15) is 0 Å². The minimum Gasteiger partial charge on any atom is -0.487 e. The number of ether oxygens (including phenoxy) is 1. The zero-order valence-corrected chi connectivity index (χ0v) is 10.6. The number of aliphatic hydroxyl groups is 1. The molecule has 0 saturated heterocycles. The van der Waals surface area contributed by atoms with E-state index in [1.54, 1.807) is 6.92 Å². The lowest BCUT2D eigenvalue weighted by Gasteiger charge is -2.07. The Morgan fingerprint density at radius 2 is 2.26 bits per heavy atom. The third-order valence-corrected chi connectivity index (χ3v) is 2.34. The van der Waals surface area contributed by atoms with Crippen molar-refractivity contribution < 1.29 is 19.6 Å². The van der Waals surface area contributed by atoms with Crippen LogP contribution in [-0.4, -0.2) is 35.7 Å². The monoisotopic (exact) mass is 268 g/mol. The predicted octanol–water partition coefficient (Wildman–Crippen LogP) is 1.11. The minimum absolute atomic E-state index is 0.0241. The van der Waals surface area contributed by atoms with Crippen LogP contribution in [0.1, 0.15) is 23.7 Å². The Morgan fingerprint density at radius 1 is 1.53 bits per heavy atom. The standard InChI is InChI=1S/C12H16N2O5/c1-2-19-11-5-4-9(8-10(11)14(17)18)12(16)13-6-3-7-15/h4-5,8,15H,2-3,6-7H2,1H3,(H,13,16). The zero-order valence-electron chi connectivity index (χ0n) is 10.6. The second kappa shape index (κ2) is 7.32. The molecule has 0 radical (unpaired) electrons. The first-order valence-electron chi connectivity index (χ1n) is 5.90. The Morgan fingerprint density at radius 3 is 2.84 bits per heavy atom. The number of carbonyl (C=O) groups is 1. The van der Waals surface area contributed by atoms with Gasteiger partial charge < -0.3 is 15.2 Å². The van der Waals surface area contributed by atoms with Gasteiger partial charge in [-0.2, -0.15) is 0 Å². The fraction of sp³-hybridized carbons (Fsp3) is 0.417. The van der Waals surface area contributed by atoms with Crippen molar-refractivity contribution in [1.29, 1.82) is 0 Å². The van der Waals surface area contributed by atoms with Crippen molar-refractivity contribution in [3.63, 3.8) is 0 Å².